The van der Waals surface area contributed by atoms with Crippen molar-refractivity contribution in [2.45, 2.75) is 13.3 Å². The number of nitrogens with zero attached hydrogens (tertiary/aromatic N) is 2. The van der Waals surface area contributed by atoms with E-state index >= 15 is 0 Å². The van der Waals surface area contributed by atoms with Crippen LogP contribution in [0.15, 0.2) is 12.4 Å². The molecule has 0 radical (unpaired) electrons. The lowest BCUT2D eigenvalue weighted by Crippen LogP contribution is -2.30. The van der Waals surface area contributed by atoms with Gasteiger partial charge in [0.15, 0.2) is 9.84 Å². The van der Waals surface area contributed by atoms with Crippen molar-refractivity contribution < 1.29 is 13.2 Å². The zero-order valence-electron chi connectivity index (χ0n) is 10.1. The van der Waals surface area contributed by atoms with Gasteiger partial charge in [-0.15, -0.1) is 0 Å². The summed E-state index contributed by atoms with van der Waals surface area (Å²) in [5.74, 6) is 0.0780. The van der Waals surface area contributed by atoms with E-state index in [0.29, 0.717) is 13.0 Å². The van der Waals surface area contributed by atoms with Gasteiger partial charge in [0, 0.05) is 12.7 Å². The van der Waals surface area contributed by atoms with Crippen LogP contribution >= 0.6 is 0 Å². The molecule has 1 aliphatic rings. The summed E-state index contributed by atoms with van der Waals surface area (Å²) in [4.78, 5) is 19.7. The third-order valence-electron chi connectivity index (χ3n) is 2.89. The summed E-state index contributed by atoms with van der Waals surface area (Å²) >= 11 is 0. The molecule has 18 heavy (non-hydrogen) atoms. The highest BCUT2D eigenvalue weighted by molar-refractivity contribution is 7.91. The van der Waals surface area contributed by atoms with E-state index in [1.807, 2.05) is 0 Å². The number of aromatic nitrogens is 2. The predicted octanol–water partition coefficient (Wildman–Crippen LogP) is -0.0505. The number of aryl methyl sites for hydroxylation is 1. The third-order valence-corrected chi connectivity index (χ3v) is 4.73. The lowest BCUT2D eigenvalue weighted by molar-refractivity contribution is 0.0943. The molecule has 2 heterocycles. The fraction of sp³-hybridized carbons (Fsp3) is 0.545. The van der Waals surface area contributed by atoms with E-state index < -0.39 is 9.84 Å². The second kappa shape index (κ2) is 5.01. The number of hydrogen-bond donors (Lipinski definition) is 1. The van der Waals surface area contributed by atoms with Crippen molar-refractivity contribution in [2.24, 2.45) is 5.92 Å². The predicted molar refractivity (Wildman–Crippen MR) is 65.9 cm³/mol. The molecule has 98 valence electrons. The Hall–Kier alpha value is -1.50. The van der Waals surface area contributed by atoms with Crippen molar-refractivity contribution in [1.29, 1.82) is 0 Å². The van der Waals surface area contributed by atoms with Crippen LogP contribution in [0.4, 0.5) is 0 Å². The average Bonchev–Trinajstić information content (AvgIpc) is 2.67. The Balaban J connectivity index is 1.87. The smallest absolute Gasteiger partial charge is 0.271 e. The molecule has 1 aromatic heterocycles. The maximum Gasteiger partial charge on any atom is 0.271 e. The van der Waals surface area contributed by atoms with Crippen LogP contribution in [-0.2, 0) is 9.84 Å². The van der Waals surface area contributed by atoms with E-state index in [1.165, 1.54) is 12.4 Å². The van der Waals surface area contributed by atoms with E-state index in [9.17, 15) is 13.2 Å². The molecule has 0 unspecified atom stereocenters. The molecule has 0 spiro atoms. The van der Waals surface area contributed by atoms with Gasteiger partial charge in [-0.1, -0.05) is 0 Å². The fourth-order valence-electron chi connectivity index (χ4n) is 1.87. The first-order valence-electron chi connectivity index (χ1n) is 5.73. The highest BCUT2D eigenvalue weighted by atomic mass is 32.2. The molecule has 1 amide bonds. The number of amides is 1. The van der Waals surface area contributed by atoms with Crippen molar-refractivity contribution in [1.82, 2.24) is 15.3 Å². The Morgan fingerprint density at radius 3 is 2.78 bits per heavy atom. The minimum Gasteiger partial charge on any atom is -0.350 e. The number of rotatable bonds is 3. The van der Waals surface area contributed by atoms with Crippen LogP contribution in [-0.4, -0.2) is 42.3 Å². The molecule has 2 rings (SSSR count). The van der Waals surface area contributed by atoms with E-state index in [2.05, 4.69) is 15.3 Å². The van der Waals surface area contributed by atoms with Gasteiger partial charge in [-0.3, -0.25) is 9.78 Å². The molecule has 0 aliphatic carbocycles. The van der Waals surface area contributed by atoms with Crippen molar-refractivity contribution in [3.8, 4) is 0 Å². The number of nitrogens with one attached hydrogen (secondary N) is 1. The Labute approximate surface area is 106 Å². The topological polar surface area (TPSA) is 89.0 Å². The lowest BCUT2D eigenvalue weighted by atomic mass is 10.1. The molecule has 0 saturated carbocycles. The quantitative estimate of drug-likeness (QED) is 0.831. The first-order chi connectivity index (χ1) is 8.46. The molecule has 1 fully saturated rings. The van der Waals surface area contributed by atoms with Crippen LogP contribution in [0.2, 0.25) is 0 Å². The summed E-state index contributed by atoms with van der Waals surface area (Å²) in [5, 5.41) is 2.69. The van der Waals surface area contributed by atoms with Crippen LogP contribution in [0.3, 0.4) is 0 Å². The van der Waals surface area contributed by atoms with E-state index in [0.717, 1.165) is 5.69 Å². The maximum absolute atomic E-state index is 11.7. The normalized spacial score (nSPS) is 21.7. The van der Waals surface area contributed by atoms with Gasteiger partial charge in [-0.2, -0.15) is 0 Å². The Morgan fingerprint density at radius 1 is 1.44 bits per heavy atom. The van der Waals surface area contributed by atoms with E-state index in [4.69, 9.17) is 0 Å². The highest BCUT2D eigenvalue weighted by Gasteiger charge is 2.28. The summed E-state index contributed by atoms with van der Waals surface area (Å²) in [6.45, 7) is 2.16. The first-order valence-corrected chi connectivity index (χ1v) is 7.56. The van der Waals surface area contributed by atoms with Gasteiger partial charge in [-0.05, 0) is 19.3 Å². The molecular formula is C11H15N3O3S. The second-order valence-electron chi connectivity index (χ2n) is 4.52. The molecule has 1 aliphatic heterocycles. The zero-order chi connectivity index (χ0) is 13.2. The summed E-state index contributed by atoms with van der Waals surface area (Å²) in [6.07, 6.45) is 3.55. The van der Waals surface area contributed by atoms with Gasteiger partial charge in [0.2, 0.25) is 0 Å². The van der Waals surface area contributed by atoms with Crippen molar-refractivity contribution in [2.75, 3.05) is 18.1 Å². The molecular weight excluding hydrogens is 254 g/mol. The summed E-state index contributed by atoms with van der Waals surface area (Å²) in [5.41, 5.74) is 0.995. The van der Waals surface area contributed by atoms with E-state index in [-0.39, 0.29) is 29.0 Å². The van der Waals surface area contributed by atoms with Crippen LogP contribution in [0.5, 0.6) is 0 Å². The second-order valence-corrected chi connectivity index (χ2v) is 6.75. The maximum atomic E-state index is 11.7. The van der Waals surface area contributed by atoms with Crippen LogP contribution in [0.1, 0.15) is 22.6 Å². The first kappa shape index (κ1) is 12.9. The summed E-state index contributed by atoms with van der Waals surface area (Å²) in [6, 6.07) is 0. The summed E-state index contributed by atoms with van der Waals surface area (Å²) in [7, 11) is -2.89. The largest absolute Gasteiger partial charge is 0.350 e. The fourth-order valence-corrected chi connectivity index (χ4v) is 3.73. The molecule has 0 aromatic carbocycles. The molecule has 1 atom stereocenters. The minimum absolute atomic E-state index is 0.0114. The molecule has 1 N–H and O–H groups in total. The van der Waals surface area contributed by atoms with Crippen LogP contribution in [0, 0.1) is 12.8 Å². The van der Waals surface area contributed by atoms with Crippen molar-refractivity contribution in [3.63, 3.8) is 0 Å². The lowest BCUT2D eigenvalue weighted by Gasteiger charge is -2.08. The van der Waals surface area contributed by atoms with Gasteiger partial charge in [-0.25, -0.2) is 13.4 Å². The standard InChI is InChI=1S/C11H15N3O3S/c1-8-4-13-10(6-12-8)11(15)14-5-9-2-3-18(16,17)7-9/h4,6,9H,2-3,5,7H2,1H3,(H,14,15)/t9-/m1/s1. The van der Waals surface area contributed by atoms with Gasteiger partial charge < -0.3 is 5.32 Å². The molecule has 1 aromatic rings. The van der Waals surface area contributed by atoms with Gasteiger partial charge >= 0.3 is 0 Å². The van der Waals surface area contributed by atoms with Crippen LogP contribution < -0.4 is 5.32 Å². The number of carbonyl (C=O) groups excluding carboxylic acids is 1. The van der Waals surface area contributed by atoms with Gasteiger partial charge in [0.1, 0.15) is 5.69 Å². The van der Waals surface area contributed by atoms with Crippen molar-refractivity contribution >= 4 is 15.7 Å². The average molecular weight is 269 g/mol. The van der Waals surface area contributed by atoms with Crippen LogP contribution in [0.25, 0.3) is 0 Å². The number of carbonyl (C=O) groups is 1. The Kier molecular flexibility index (Phi) is 3.60. The van der Waals surface area contributed by atoms with Gasteiger partial charge in [0.25, 0.3) is 5.91 Å². The molecule has 6 nitrogen and oxygen atoms in total. The highest BCUT2D eigenvalue weighted by Crippen LogP contribution is 2.17. The third kappa shape index (κ3) is 3.25. The Morgan fingerprint density at radius 2 is 2.22 bits per heavy atom. The summed E-state index contributed by atoms with van der Waals surface area (Å²) < 4.78 is 22.5. The zero-order valence-corrected chi connectivity index (χ0v) is 10.9. The molecule has 7 heteroatoms. The number of sulfone groups is 1. The monoisotopic (exact) mass is 269 g/mol. The molecule has 0 bridgehead atoms. The Bertz CT molecular complexity index is 539. The molecule has 1 saturated heterocycles. The SMILES string of the molecule is Cc1cnc(C(=O)NC[C@H]2CCS(=O)(=O)C2)cn1. The van der Waals surface area contributed by atoms with Gasteiger partial charge in [0.05, 0.1) is 23.4 Å². The van der Waals surface area contributed by atoms with Crippen molar-refractivity contribution in [3.05, 3.63) is 23.8 Å². The number of hydrogen-bond acceptors (Lipinski definition) is 5. The van der Waals surface area contributed by atoms with E-state index in [1.54, 1.807) is 6.92 Å². The minimum atomic E-state index is -2.89.